The molecule has 12 heavy (non-hydrogen) atoms. The van der Waals surface area contributed by atoms with Crippen LogP contribution in [0.5, 0.6) is 0 Å². The molecule has 0 bridgehead atoms. The zero-order chi connectivity index (χ0) is 9.78. The largest absolute Gasteiger partial charge is 0.456 e. The first-order valence-corrected chi connectivity index (χ1v) is 3.82. The van der Waals surface area contributed by atoms with Crippen LogP contribution in [0.15, 0.2) is 12.7 Å². The van der Waals surface area contributed by atoms with E-state index < -0.39 is 17.7 Å². The minimum atomic E-state index is -1.24. The van der Waals surface area contributed by atoms with Gasteiger partial charge in [0.1, 0.15) is 6.10 Å². The zero-order valence-electron chi connectivity index (χ0n) is 7.54. The van der Waals surface area contributed by atoms with Crippen molar-refractivity contribution in [3.05, 3.63) is 19.6 Å². The van der Waals surface area contributed by atoms with Gasteiger partial charge in [0.25, 0.3) is 0 Å². The van der Waals surface area contributed by atoms with E-state index in [4.69, 9.17) is 4.74 Å². The molecule has 0 heterocycles. The molecule has 0 aromatic rings. The van der Waals surface area contributed by atoms with Gasteiger partial charge in [-0.05, 0) is 20.3 Å². The van der Waals surface area contributed by atoms with E-state index in [1.54, 1.807) is 6.92 Å². The summed E-state index contributed by atoms with van der Waals surface area (Å²) in [5.41, 5.74) is -1.24. The molecular weight excluding hydrogens is 156 g/mol. The van der Waals surface area contributed by atoms with Crippen molar-refractivity contribution < 1.29 is 14.6 Å². The molecule has 0 aliphatic carbocycles. The normalized spacial score (nSPS) is 13.7. The summed E-state index contributed by atoms with van der Waals surface area (Å²) in [6, 6.07) is 0. The monoisotopic (exact) mass is 171 g/mol. The predicted molar refractivity (Wildman–Crippen MR) is 46.3 cm³/mol. The summed E-state index contributed by atoms with van der Waals surface area (Å²) in [6.45, 7) is 10.0. The molecular formula is C9H15O3. The molecule has 2 unspecified atom stereocenters. The molecule has 0 spiro atoms. The number of aliphatic hydroxyl groups is 1. The Hall–Kier alpha value is -0.830. The smallest absolute Gasteiger partial charge is 0.330 e. The van der Waals surface area contributed by atoms with Crippen LogP contribution in [0.25, 0.3) is 0 Å². The molecule has 3 nitrogen and oxygen atoms in total. The maximum Gasteiger partial charge on any atom is 0.330 e. The van der Waals surface area contributed by atoms with Gasteiger partial charge < -0.3 is 9.84 Å². The minimum Gasteiger partial charge on any atom is -0.456 e. The molecule has 3 heteroatoms. The van der Waals surface area contributed by atoms with Gasteiger partial charge in [-0.3, -0.25) is 0 Å². The average Bonchev–Trinajstić information content (AvgIpc) is 1.97. The van der Waals surface area contributed by atoms with Crippen molar-refractivity contribution in [2.75, 3.05) is 0 Å². The van der Waals surface area contributed by atoms with Gasteiger partial charge in [0.2, 0.25) is 0 Å². The summed E-state index contributed by atoms with van der Waals surface area (Å²) < 4.78 is 4.84. The molecule has 0 aromatic heterocycles. The molecule has 0 aliphatic rings. The van der Waals surface area contributed by atoms with Crippen LogP contribution in [0.4, 0.5) is 0 Å². The summed E-state index contributed by atoms with van der Waals surface area (Å²) in [6.07, 6.45) is 1.01. The van der Waals surface area contributed by atoms with Crippen LogP contribution >= 0.6 is 0 Å². The van der Waals surface area contributed by atoms with Crippen molar-refractivity contribution in [1.29, 1.82) is 0 Å². The molecule has 2 atom stereocenters. The second kappa shape index (κ2) is 4.26. The standard InChI is InChI=1S/C9H15O3/c1-5-7(9(3,4)11)12-8(10)6-2/h6-7,11H,2-3,5H2,1,4H3. The van der Waals surface area contributed by atoms with Crippen LogP contribution in [0.2, 0.25) is 0 Å². The fourth-order valence-corrected chi connectivity index (χ4v) is 0.838. The molecule has 1 radical (unpaired) electrons. The molecule has 1 N–H and O–H groups in total. The number of esters is 1. The van der Waals surface area contributed by atoms with Gasteiger partial charge >= 0.3 is 5.97 Å². The summed E-state index contributed by atoms with van der Waals surface area (Å²) in [4.78, 5) is 10.7. The number of ether oxygens (including phenoxy) is 1. The SMILES string of the molecule is [CH2]C(C)(O)C(CC)OC(=O)C=C. The van der Waals surface area contributed by atoms with E-state index in [1.807, 2.05) is 0 Å². The number of carbonyl (C=O) groups excluding carboxylic acids is 1. The van der Waals surface area contributed by atoms with Gasteiger partial charge in [0, 0.05) is 6.08 Å². The third-order valence-corrected chi connectivity index (χ3v) is 1.49. The molecule has 0 aliphatic heterocycles. The Morgan fingerprint density at radius 3 is 2.58 bits per heavy atom. The average molecular weight is 171 g/mol. The number of hydrogen-bond acceptors (Lipinski definition) is 3. The number of hydrogen-bond donors (Lipinski definition) is 1. The summed E-state index contributed by atoms with van der Waals surface area (Å²) >= 11 is 0. The Labute approximate surface area is 73.0 Å². The Bertz CT molecular complexity index is 167. The Morgan fingerprint density at radius 1 is 1.83 bits per heavy atom. The highest BCUT2D eigenvalue weighted by atomic mass is 16.6. The lowest BCUT2D eigenvalue weighted by atomic mass is 10.00. The molecule has 0 saturated carbocycles. The molecule has 0 amide bonds. The van der Waals surface area contributed by atoms with Crippen LogP contribution < -0.4 is 0 Å². The lowest BCUT2D eigenvalue weighted by Crippen LogP contribution is -2.39. The van der Waals surface area contributed by atoms with Crippen molar-refractivity contribution in [2.24, 2.45) is 0 Å². The molecule has 0 rings (SSSR count). The van der Waals surface area contributed by atoms with E-state index in [-0.39, 0.29) is 0 Å². The van der Waals surface area contributed by atoms with Crippen LogP contribution in [0, 0.1) is 6.92 Å². The minimum absolute atomic E-state index is 0.524. The van der Waals surface area contributed by atoms with Gasteiger partial charge in [-0.25, -0.2) is 4.79 Å². The lowest BCUT2D eigenvalue weighted by Gasteiger charge is -2.27. The summed E-state index contributed by atoms with van der Waals surface area (Å²) in [7, 11) is 0. The van der Waals surface area contributed by atoms with Crippen molar-refractivity contribution in [2.45, 2.75) is 32.0 Å². The summed E-state index contributed by atoms with van der Waals surface area (Å²) in [5, 5.41) is 9.40. The topological polar surface area (TPSA) is 46.5 Å². The highest BCUT2D eigenvalue weighted by Crippen LogP contribution is 2.15. The first kappa shape index (κ1) is 11.2. The van der Waals surface area contributed by atoms with Crippen molar-refractivity contribution >= 4 is 5.97 Å². The third-order valence-electron chi connectivity index (χ3n) is 1.49. The number of rotatable bonds is 4. The fourth-order valence-electron chi connectivity index (χ4n) is 0.838. The van der Waals surface area contributed by atoms with Gasteiger partial charge in [0.15, 0.2) is 0 Å². The Balaban J connectivity index is 4.18. The Morgan fingerprint density at radius 2 is 2.33 bits per heavy atom. The van der Waals surface area contributed by atoms with E-state index in [0.29, 0.717) is 6.42 Å². The highest BCUT2D eigenvalue weighted by Gasteiger charge is 2.28. The highest BCUT2D eigenvalue weighted by molar-refractivity contribution is 5.81. The third kappa shape index (κ3) is 3.53. The summed E-state index contributed by atoms with van der Waals surface area (Å²) in [5.74, 6) is -0.536. The zero-order valence-corrected chi connectivity index (χ0v) is 7.54. The first-order chi connectivity index (χ1) is 5.41. The van der Waals surface area contributed by atoms with Gasteiger partial charge in [0.05, 0.1) is 5.60 Å². The van der Waals surface area contributed by atoms with Gasteiger partial charge in [-0.15, -0.1) is 0 Å². The van der Waals surface area contributed by atoms with E-state index in [9.17, 15) is 9.90 Å². The second-order valence-corrected chi connectivity index (χ2v) is 2.90. The lowest BCUT2D eigenvalue weighted by molar-refractivity contribution is -0.153. The second-order valence-electron chi connectivity index (χ2n) is 2.90. The molecule has 0 saturated heterocycles. The number of carbonyl (C=O) groups is 1. The molecule has 0 fully saturated rings. The van der Waals surface area contributed by atoms with Crippen molar-refractivity contribution in [1.82, 2.24) is 0 Å². The first-order valence-electron chi connectivity index (χ1n) is 3.82. The van der Waals surface area contributed by atoms with Crippen LogP contribution in [-0.2, 0) is 9.53 Å². The van der Waals surface area contributed by atoms with Crippen molar-refractivity contribution in [3.63, 3.8) is 0 Å². The van der Waals surface area contributed by atoms with Crippen LogP contribution in [0.3, 0.4) is 0 Å². The van der Waals surface area contributed by atoms with E-state index in [0.717, 1.165) is 6.08 Å². The fraction of sp³-hybridized carbons (Fsp3) is 0.556. The quantitative estimate of drug-likeness (QED) is 0.508. The van der Waals surface area contributed by atoms with Crippen molar-refractivity contribution in [3.8, 4) is 0 Å². The van der Waals surface area contributed by atoms with E-state index >= 15 is 0 Å². The van der Waals surface area contributed by atoms with Gasteiger partial charge in [-0.1, -0.05) is 13.5 Å². The Kier molecular flexibility index (Phi) is 3.96. The van der Waals surface area contributed by atoms with Crippen LogP contribution in [0.1, 0.15) is 20.3 Å². The maximum absolute atomic E-state index is 10.7. The molecule has 69 valence electrons. The maximum atomic E-state index is 10.7. The van der Waals surface area contributed by atoms with Gasteiger partial charge in [-0.2, -0.15) is 0 Å². The van der Waals surface area contributed by atoms with Crippen LogP contribution in [-0.4, -0.2) is 22.8 Å². The molecule has 0 aromatic carbocycles. The van der Waals surface area contributed by atoms with E-state index in [1.165, 1.54) is 6.92 Å². The van der Waals surface area contributed by atoms with E-state index in [2.05, 4.69) is 13.5 Å². The predicted octanol–water partition coefficient (Wildman–Crippen LogP) is 1.08.